The van der Waals surface area contributed by atoms with Crippen molar-refractivity contribution in [1.29, 1.82) is 0 Å². The van der Waals surface area contributed by atoms with Crippen LogP contribution in [0, 0.1) is 0 Å². The van der Waals surface area contributed by atoms with Crippen molar-refractivity contribution < 1.29 is 17.9 Å². The zero-order chi connectivity index (χ0) is 23.3. The maximum atomic E-state index is 13.5. The number of aliphatic hydroxyl groups is 1. The molecule has 1 heterocycles. The van der Waals surface area contributed by atoms with Crippen LogP contribution in [-0.2, 0) is 16.4 Å². The second kappa shape index (κ2) is 10.6. The van der Waals surface area contributed by atoms with Gasteiger partial charge in [0, 0.05) is 26.2 Å². The molecule has 0 aliphatic rings. The van der Waals surface area contributed by atoms with Crippen LogP contribution in [0.4, 0.5) is 0 Å². The maximum absolute atomic E-state index is 13.5. The van der Waals surface area contributed by atoms with Gasteiger partial charge in [0.15, 0.2) is 0 Å². The van der Waals surface area contributed by atoms with E-state index >= 15 is 0 Å². The summed E-state index contributed by atoms with van der Waals surface area (Å²) in [5.41, 5.74) is 1.47. The van der Waals surface area contributed by atoms with Crippen LogP contribution >= 0.6 is 0 Å². The SMILES string of the molecule is CCCN(CCC)S(=O)(=O)c1ccc2oc3cccc(CCN(C)CCO)c3c(=O)c2c1. The van der Waals surface area contributed by atoms with E-state index < -0.39 is 10.0 Å². The first-order chi connectivity index (χ1) is 15.3. The molecular formula is C24H32N2O5S. The highest BCUT2D eigenvalue weighted by molar-refractivity contribution is 7.89. The lowest BCUT2D eigenvalue weighted by molar-refractivity contribution is 0.223. The average Bonchev–Trinajstić information content (AvgIpc) is 2.77. The zero-order valence-corrected chi connectivity index (χ0v) is 19.8. The van der Waals surface area contributed by atoms with E-state index in [4.69, 9.17) is 9.52 Å². The van der Waals surface area contributed by atoms with Crippen LogP contribution < -0.4 is 5.43 Å². The van der Waals surface area contributed by atoms with Crippen molar-refractivity contribution in [3.05, 3.63) is 52.2 Å². The fourth-order valence-corrected chi connectivity index (χ4v) is 5.56. The molecule has 3 aromatic rings. The molecule has 0 spiro atoms. The van der Waals surface area contributed by atoms with Crippen molar-refractivity contribution in [1.82, 2.24) is 9.21 Å². The molecule has 0 saturated heterocycles. The molecular weight excluding hydrogens is 428 g/mol. The largest absolute Gasteiger partial charge is 0.456 e. The van der Waals surface area contributed by atoms with Gasteiger partial charge in [-0.05, 0) is 56.1 Å². The minimum Gasteiger partial charge on any atom is -0.456 e. The van der Waals surface area contributed by atoms with Gasteiger partial charge in [-0.2, -0.15) is 4.31 Å². The van der Waals surface area contributed by atoms with Crippen molar-refractivity contribution >= 4 is 32.0 Å². The molecule has 2 aromatic carbocycles. The number of hydrogen-bond donors (Lipinski definition) is 1. The lowest BCUT2D eigenvalue weighted by Gasteiger charge is -2.21. The van der Waals surface area contributed by atoms with Crippen molar-refractivity contribution in [3.63, 3.8) is 0 Å². The number of sulfonamides is 1. The number of benzene rings is 2. The highest BCUT2D eigenvalue weighted by atomic mass is 32.2. The number of fused-ring (bicyclic) bond motifs is 2. The van der Waals surface area contributed by atoms with Crippen LogP contribution in [-0.4, -0.2) is 62.6 Å². The third-order valence-electron chi connectivity index (χ3n) is 5.58. The van der Waals surface area contributed by atoms with Crippen molar-refractivity contribution in [3.8, 4) is 0 Å². The molecule has 1 aromatic heterocycles. The van der Waals surface area contributed by atoms with E-state index in [9.17, 15) is 13.2 Å². The summed E-state index contributed by atoms with van der Waals surface area (Å²) in [7, 11) is -1.79. The zero-order valence-electron chi connectivity index (χ0n) is 19.0. The predicted molar refractivity (Wildman–Crippen MR) is 128 cm³/mol. The number of likely N-dealkylation sites (N-methyl/N-ethyl adjacent to an activating group) is 1. The Kier molecular flexibility index (Phi) is 8.05. The van der Waals surface area contributed by atoms with Gasteiger partial charge in [0.05, 0.1) is 22.3 Å². The Bertz CT molecular complexity index is 1230. The molecule has 7 nitrogen and oxygen atoms in total. The summed E-state index contributed by atoms with van der Waals surface area (Å²) >= 11 is 0. The average molecular weight is 461 g/mol. The van der Waals surface area contributed by atoms with Crippen molar-refractivity contribution in [2.24, 2.45) is 0 Å². The molecule has 32 heavy (non-hydrogen) atoms. The van der Waals surface area contributed by atoms with Crippen LogP contribution in [0.1, 0.15) is 32.3 Å². The molecule has 0 radical (unpaired) electrons. The Labute approximate surface area is 189 Å². The van der Waals surface area contributed by atoms with Crippen LogP contribution in [0.25, 0.3) is 21.9 Å². The van der Waals surface area contributed by atoms with Gasteiger partial charge in [-0.25, -0.2) is 8.42 Å². The van der Waals surface area contributed by atoms with Gasteiger partial charge in [-0.3, -0.25) is 4.79 Å². The Morgan fingerprint density at radius 2 is 1.69 bits per heavy atom. The third kappa shape index (κ3) is 5.04. The minimum absolute atomic E-state index is 0.0726. The predicted octanol–water partition coefficient (Wildman–Crippen LogP) is 3.22. The van der Waals surface area contributed by atoms with Gasteiger partial charge < -0.3 is 14.4 Å². The van der Waals surface area contributed by atoms with Crippen LogP contribution in [0.3, 0.4) is 0 Å². The minimum atomic E-state index is -3.70. The molecule has 0 fully saturated rings. The van der Waals surface area contributed by atoms with E-state index in [1.807, 2.05) is 37.9 Å². The molecule has 0 atom stereocenters. The standard InChI is InChI=1S/C24H32N2O5S/c1-4-12-26(13-5-2)32(29,30)19-9-10-21-20(17-19)24(28)23-18(7-6-8-22(23)31-21)11-14-25(3)15-16-27/h6-10,17,27H,4-5,11-16H2,1-3H3. The molecule has 0 bridgehead atoms. The van der Waals surface area contributed by atoms with Crippen LogP contribution in [0.5, 0.6) is 0 Å². The van der Waals surface area contributed by atoms with Crippen molar-refractivity contribution in [2.45, 2.75) is 38.0 Å². The molecule has 0 saturated carbocycles. The maximum Gasteiger partial charge on any atom is 0.243 e. The summed E-state index contributed by atoms with van der Waals surface area (Å²) in [5, 5.41) is 9.85. The van der Waals surface area contributed by atoms with Gasteiger partial charge >= 0.3 is 0 Å². The smallest absolute Gasteiger partial charge is 0.243 e. The molecule has 0 aliphatic heterocycles. The van der Waals surface area contributed by atoms with E-state index in [0.29, 0.717) is 62.0 Å². The topological polar surface area (TPSA) is 91.1 Å². The normalized spacial score (nSPS) is 12.4. The second-order valence-electron chi connectivity index (χ2n) is 8.06. The molecule has 174 valence electrons. The second-order valence-corrected chi connectivity index (χ2v) is 10.00. The van der Waals surface area contributed by atoms with E-state index in [0.717, 1.165) is 5.56 Å². The quantitative estimate of drug-likeness (QED) is 0.442. The number of nitrogens with zero attached hydrogens (tertiary/aromatic N) is 2. The van der Waals surface area contributed by atoms with E-state index in [-0.39, 0.29) is 22.3 Å². The summed E-state index contributed by atoms with van der Waals surface area (Å²) in [5.74, 6) is 0. The Morgan fingerprint density at radius 3 is 2.34 bits per heavy atom. The lowest BCUT2D eigenvalue weighted by Crippen LogP contribution is -2.32. The molecule has 0 amide bonds. The molecule has 3 rings (SSSR count). The molecule has 0 aliphatic carbocycles. The fourth-order valence-electron chi connectivity index (χ4n) is 3.91. The summed E-state index contributed by atoms with van der Waals surface area (Å²) in [6.07, 6.45) is 2.05. The van der Waals surface area contributed by atoms with Gasteiger partial charge in [0.25, 0.3) is 0 Å². The first-order valence-corrected chi connectivity index (χ1v) is 12.6. The third-order valence-corrected chi connectivity index (χ3v) is 7.48. The summed E-state index contributed by atoms with van der Waals surface area (Å²) in [6, 6.07) is 10.0. The van der Waals surface area contributed by atoms with Crippen molar-refractivity contribution in [2.75, 3.05) is 39.8 Å². The number of hydrogen-bond acceptors (Lipinski definition) is 6. The van der Waals surface area contributed by atoms with Gasteiger partial charge in [0.1, 0.15) is 11.2 Å². The summed E-state index contributed by atoms with van der Waals surface area (Å²) < 4.78 is 33.9. The van der Waals surface area contributed by atoms with Crippen LogP contribution in [0.2, 0.25) is 0 Å². The molecule has 8 heteroatoms. The molecule has 0 unspecified atom stereocenters. The van der Waals surface area contributed by atoms with Gasteiger partial charge in [-0.15, -0.1) is 0 Å². The number of rotatable bonds is 11. The lowest BCUT2D eigenvalue weighted by atomic mass is 10.0. The van der Waals surface area contributed by atoms with Crippen LogP contribution in [0.15, 0.2) is 50.5 Å². The Morgan fingerprint density at radius 1 is 0.969 bits per heavy atom. The Balaban J connectivity index is 2.10. The monoisotopic (exact) mass is 460 g/mol. The van der Waals surface area contributed by atoms with E-state index in [2.05, 4.69) is 0 Å². The van der Waals surface area contributed by atoms with E-state index in [1.54, 1.807) is 12.1 Å². The fraction of sp³-hybridized carbons (Fsp3) is 0.458. The molecule has 1 N–H and O–H groups in total. The summed E-state index contributed by atoms with van der Waals surface area (Å²) in [4.78, 5) is 15.6. The van der Waals surface area contributed by atoms with Gasteiger partial charge in [-0.1, -0.05) is 26.0 Å². The summed E-state index contributed by atoms with van der Waals surface area (Å²) in [6.45, 7) is 6.06. The Hall–Kier alpha value is -2.26. The van der Waals surface area contributed by atoms with E-state index in [1.165, 1.54) is 16.4 Å². The number of aliphatic hydroxyl groups excluding tert-OH is 1. The first kappa shape index (κ1) is 24.4. The van der Waals surface area contributed by atoms with Gasteiger partial charge in [0.2, 0.25) is 15.5 Å². The highest BCUT2D eigenvalue weighted by Crippen LogP contribution is 2.25. The first-order valence-electron chi connectivity index (χ1n) is 11.1. The highest BCUT2D eigenvalue weighted by Gasteiger charge is 2.24.